The zero-order chi connectivity index (χ0) is 25.7. The Morgan fingerprint density at radius 2 is 1.78 bits per heavy atom. The van der Waals surface area contributed by atoms with Gasteiger partial charge >= 0.3 is 0 Å². The lowest BCUT2D eigenvalue weighted by Gasteiger charge is -2.49. The van der Waals surface area contributed by atoms with Gasteiger partial charge in [0.2, 0.25) is 0 Å². The summed E-state index contributed by atoms with van der Waals surface area (Å²) >= 11 is 6.28. The number of nitrogens with one attached hydrogen (secondary N) is 1. The Labute approximate surface area is 256 Å². The van der Waals surface area contributed by atoms with Gasteiger partial charge in [-0.15, -0.1) is 0 Å². The van der Waals surface area contributed by atoms with Gasteiger partial charge in [-0.25, -0.2) is 0 Å². The van der Waals surface area contributed by atoms with Gasteiger partial charge in [-0.3, -0.25) is 0 Å². The molecule has 0 radical (unpaired) electrons. The number of hydrogen-bond donors (Lipinski definition) is 2. The summed E-state index contributed by atoms with van der Waals surface area (Å²) in [5, 5.41) is 14.7. The van der Waals surface area contributed by atoms with Crippen LogP contribution < -0.4 is 5.32 Å². The molecule has 1 aliphatic heterocycles. The summed E-state index contributed by atoms with van der Waals surface area (Å²) in [5.74, 6) is 3.44. The van der Waals surface area contributed by atoms with Crippen LogP contribution in [-0.2, 0) is 0 Å². The molecule has 1 saturated carbocycles. The van der Waals surface area contributed by atoms with Gasteiger partial charge in [0.25, 0.3) is 0 Å². The molecule has 2 fully saturated rings. The lowest BCUT2D eigenvalue weighted by molar-refractivity contribution is 0.0120. The molecule has 244 valence electrons. The van der Waals surface area contributed by atoms with Crippen molar-refractivity contribution in [3.8, 4) is 0 Å². The minimum Gasteiger partial charge on any atom is -0.412 e. The zero-order valence-corrected chi connectivity index (χ0v) is 26.3. The zero-order valence-electron chi connectivity index (χ0n) is 25.6. The van der Waals surface area contributed by atoms with Crippen molar-refractivity contribution in [1.82, 2.24) is 10.2 Å². The van der Waals surface area contributed by atoms with Crippen LogP contribution in [0.2, 0.25) is 0 Å². The van der Waals surface area contributed by atoms with E-state index in [1.165, 1.54) is 76.5 Å². The molecule has 0 amide bonds. The van der Waals surface area contributed by atoms with Crippen molar-refractivity contribution < 1.29 is 27.0 Å². The minimum absolute atomic E-state index is 0. The first-order chi connectivity index (χ1) is 17.2. The highest BCUT2D eigenvalue weighted by molar-refractivity contribution is 6.29. The lowest BCUT2D eigenvalue weighted by Crippen LogP contribution is -2.53. The Hall–Kier alpha value is -0.770. The molecular weight excluding hydrogens is 540 g/mol. The summed E-state index contributed by atoms with van der Waals surface area (Å²) in [5.41, 5.74) is 3.49. The van der Waals surface area contributed by atoms with E-state index < -0.39 is 0 Å². The SMILES string of the molecule is C.CC(C)[C@H](CN1CCC(C2CC=C(Cl)CC2)C(C)(C)C1)NCC1=CCCC(C2CCCC(CO)C2)=C1.O.O.O.O. The monoisotopic (exact) mass is 604 g/mol. The Kier molecular flexibility index (Phi) is 20.1. The second-order valence-electron chi connectivity index (χ2n) is 13.5. The largest absolute Gasteiger partial charge is 0.412 e. The van der Waals surface area contributed by atoms with E-state index >= 15 is 0 Å². The fraction of sp³-hybridized carbons (Fsp3) is 0.818. The van der Waals surface area contributed by atoms with E-state index in [9.17, 15) is 5.11 Å². The third-order valence-electron chi connectivity index (χ3n) is 9.96. The maximum atomic E-state index is 9.66. The number of hydrogen-bond acceptors (Lipinski definition) is 3. The maximum absolute atomic E-state index is 9.66. The molecule has 0 aromatic rings. The Bertz CT molecular complexity index is 828. The van der Waals surface area contributed by atoms with Crippen molar-refractivity contribution in [1.29, 1.82) is 0 Å². The topological polar surface area (TPSA) is 162 Å². The van der Waals surface area contributed by atoms with Crippen molar-refractivity contribution in [3.05, 3.63) is 34.4 Å². The molecule has 0 aromatic heterocycles. The van der Waals surface area contributed by atoms with Crippen molar-refractivity contribution in [2.24, 2.45) is 35.0 Å². The van der Waals surface area contributed by atoms with E-state index in [1.807, 2.05) is 0 Å². The average molecular weight is 605 g/mol. The van der Waals surface area contributed by atoms with E-state index in [0.717, 1.165) is 36.4 Å². The second-order valence-corrected chi connectivity index (χ2v) is 14.0. The van der Waals surface area contributed by atoms with Crippen LogP contribution in [0.5, 0.6) is 0 Å². The smallest absolute Gasteiger partial charge is 0.0459 e. The van der Waals surface area contributed by atoms with Crippen LogP contribution in [0.1, 0.15) is 99.3 Å². The quantitative estimate of drug-likeness (QED) is 0.392. The number of allylic oxidation sites excluding steroid dienone is 4. The number of nitrogens with zero attached hydrogens (tertiary/aromatic N) is 1. The van der Waals surface area contributed by atoms with Gasteiger partial charge in [0, 0.05) is 37.3 Å². The summed E-state index contributed by atoms with van der Waals surface area (Å²) in [6, 6.07) is 0.516. The minimum atomic E-state index is 0. The van der Waals surface area contributed by atoms with Crippen LogP contribution in [0, 0.1) is 35.0 Å². The molecule has 7 nitrogen and oxygen atoms in total. The molecule has 4 aliphatic rings. The standard InChI is InChI=1S/C32H53ClN2O.CH4.4H2O/c1-23(2)31(20-35-16-15-30(32(3,4)22-35)26-11-13-29(33)14-12-26)34-19-24-7-5-9-27(17-24)28-10-6-8-25(18-28)21-36;;;;;/h7,13,17,23,25-26,28,30-31,34,36H,5-6,8-12,14-16,18-22H2,1-4H3;1H4;4*1H2/t25?,26?,28?,30?,31-;;;;;/m0...../s1. The molecule has 8 heteroatoms. The summed E-state index contributed by atoms with van der Waals surface area (Å²) in [6.45, 7) is 14.7. The molecule has 41 heavy (non-hydrogen) atoms. The van der Waals surface area contributed by atoms with Crippen molar-refractivity contribution in [2.45, 2.75) is 105 Å². The Morgan fingerprint density at radius 3 is 2.39 bits per heavy atom. The van der Waals surface area contributed by atoms with Gasteiger partial charge < -0.3 is 37.2 Å². The molecule has 4 unspecified atom stereocenters. The number of halogens is 1. The first-order valence-electron chi connectivity index (χ1n) is 15.1. The maximum Gasteiger partial charge on any atom is 0.0459 e. The number of likely N-dealkylation sites (tertiary alicyclic amines) is 1. The molecule has 1 saturated heterocycles. The van der Waals surface area contributed by atoms with E-state index in [0.29, 0.717) is 35.8 Å². The van der Waals surface area contributed by atoms with Gasteiger partial charge in [-0.1, -0.05) is 76.9 Å². The van der Waals surface area contributed by atoms with Gasteiger partial charge in [0.05, 0.1) is 0 Å². The van der Waals surface area contributed by atoms with Crippen LogP contribution in [0.3, 0.4) is 0 Å². The summed E-state index contributed by atoms with van der Waals surface area (Å²) in [6.07, 6.45) is 19.5. The van der Waals surface area contributed by atoms with Crippen LogP contribution in [0.4, 0.5) is 0 Å². The van der Waals surface area contributed by atoms with Crippen LogP contribution in [0.15, 0.2) is 34.4 Å². The van der Waals surface area contributed by atoms with Crippen molar-refractivity contribution in [2.75, 3.05) is 32.8 Å². The molecule has 3 aliphatic carbocycles. The molecule has 0 aromatic carbocycles. The van der Waals surface area contributed by atoms with Gasteiger partial charge in [0.1, 0.15) is 0 Å². The Morgan fingerprint density at radius 1 is 1.05 bits per heavy atom. The molecule has 5 atom stereocenters. The van der Waals surface area contributed by atoms with E-state index in [-0.39, 0.29) is 29.3 Å². The average Bonchev–Trinajstić information content (AvgIpc) is 2.87. The summed E-state index contributed by atoms with van der Waals surface area (Å²) in [7, 11) is 0. The van der Waals surface area contributed by atoms with Gasteiger partial charge in [-0.2, -0.15) is 0 Å². The highest BCUT2D eigenvalue weighted by Gasteiger charge is 2.40. The fourth-order valence-corrected chi connectivity index (χ4v) is 7.97. The number of rotatable bonds is 9. The van der Waals surface area contributed by atoms with E-state index in [1.54, 1.807) is 5.57 Å². The third-order valence-corrected chi connectivity index (χ3v) is 10.3. The van der Waals surface area contributed by atoms with Crippen molar-refractivity contribution in [3.63, 3.8) is 0 Å². The van der Waals surface area contributed by atoms with E-state index in [4.69, 9.17) is 11.6 Å². The molecule has 0 spiro atoms. The van der Waals surface area contributed by atoms with Crippen molar-refractivity contribution >= 4 is 11.6 Å². The molecule has 1 heterocycles. The summed E-state index contributed by atoms with van der Waals surface area (Å²) < 4.78 is 0. The van der Waals surface area contributed by atoms with Gasteiger partial charge in [0.15, 0.2) is 0 Å². The lowest BCUT2D eigenvalue weighted by atomic mass is 9.65. The Balaban J connectivity index is 0. The predicted octanol–water partition coefficient (Wildman–Crippen LogP) is 4.65. The van der Waals surface area contributed by atoms with Crippen LogP contribution >= 0.6 is 11.6 Å². The first-order valence-corrected chi connectivity index (χ1v) is 15.4. The van der Waals surface area contributed by atoms with Gasteiger partial charge in [-0.05, 0) is 105 Å². The number of piperidine rings is 1. The summed E-state index contributed by atoms with van der Waals surface area (Å²) in [4.78, 5) is 2.74. The predicted molar refractivity (Wildman–Crippen MR) is 175 cm³/mol. The highest BCUT2D eigenvalue weighted by atomic mass is 35.5. The molecular formula is C33H65ClN2O5. The second kappa shape index (κ2) is 19.5. The fourth-order valence-electron chi connectivity index (χ4n) is 7.77. The third kappa shape index (κ3) is 11.7. The first kappa shape index (κ1) is 42.4. The number of aliphatic hydroxyl groups is 1. The molecule has 4 rings (SSSR count). The normalized spacial score (nSPS) is 28.6. The van der Waals surface area contributed by atoms with Crippen LogP contribution in [-0.4, -0.2) is 70.7 Å². The number of aliphatic hydroxyl groups excluding tert-OH is 1. The highest BCUT2D eigenvalue weighted by Crippen LogP contribution is 2.45. The molecule has 0 bridgehead atoms. The molecule has 10 N–H and O–H groups in total. The van der Waals surface area contributed by atoms with E-state index in [2.05, 4.69) is 56.1 Å². The van der Waals surface area contributed by atoms with Crippen LogP contribution in [0.25, 0.3) is 0 Å².